The first-order chi connectivity index (χ1) is 12.3. The van der Waals surface area contributed by atoms with Gasteiger partial charge in [-0.1, -0.05) is 35.5 Å². The largest absolute Gasteiger partial charge is 0.347 e. The van der Waals surface area contributed by atoms with Crippen molar-refractivity contribution >= 4 is 11.8 Å². The van der Waals surface area contributed by atoms with Gasteiger partial charge in [0.25, 0.3) is 11.8 Å². The number of alkyl halides is 2. The molecule has 1 N–H and O–H groups in total. The molecule has 2 heterocycles. The highest BCUT2D eigenvalue weighted by molar-refractivity contribution is 5.91. The monoisotopic (exact) mass is 363 g/mol. The second-order valence-corrected chi connectivity index (χ2v) is 6.35. The number of nitrogens with zero attached hydrogens (tertiary/aromatic N) is 4. The van der Waals surface area contributed by atoms with Crippen LogP contribution >= 0.6 is 0 Å². The van der Waals surface area contributed by atoms with E-state index in [2.05, 4.69) is 15.6 Å². The summed E-state index contributed by atoms with van der Waals surface area (Å²) in [6.45, 7) is 1.08. The summed E-state index contributed by atoms with van der Waals surface area (Å²) >= 11 is 0. The first-order valence-corrected chi connectivity index (χ1v) is 8.21. The van der Waals surface area contributed by atoms with Crippen molar-refractivity contribution in [3.8, 4) is 0 Å². The van der Waals surface area contributed by atoms with Crippen molar-refractivity contribution in [2.45, 2.75) is 38.4 Å². The third-order valence-electron chi connectivity index (χ3n) is 4.25. The van der Waals surface area contributed by atoms with Crippen molar-refractivity contribution in [3.63, 3.8) is 0 Å². The lowest BCUT2D eigenvalue weighted by molar-refractivity contribution is -0.131. The third-order valence-corrected chi connectivity index (χ3v) is 4.25. The molecule has 0 bridgehead atoms. The SMILES string of the molecule is CC(=O)N1CC(F)(F)C[C@H]1Cn1cc(C(=O)NCc2ccccc2)nn1. The fourth-order valence-electron chi connectivity index (χ4n) is 3.01. The third kappa shape index (κ3) is 4.22. The van der Waals surface area contributed by atoms with Crippen molar-refractivity contribution in [2.75, 3.05) is 6.54 Å². The van der Waals surface area contributed by atoms with E-state index in [9.17, 15) is 18.4 Å². The minimum absolute atomic E-state index is 0.0636. The van der Waals surface area contributed by atoms with E-state index in [1.807, 2.05) is 30.3 Å². The summed E-state index contributed by atoms with van der Waals surface area (Å²) in [5, 5.41) is 10.3. The van der Waals surface area contributed by atoms with Gasteiger partial charge in [-0.05, 0) is 5.56 Å². The summed E-state index contributed by atoms with van der Waals surface area (Å²) in [4.78, 5) is 24.8. The Morgan fingerprint density at radius 2 is 2.04 bits per heavy atom. The van der Waals surface area contributed by atoms with E-state index < -0.39 is 36.7 Å². The Morgan fingerprint density at radius 1 is 1.31 bits per heavy atom. The number of aromatic nitrogens is 3. The molecule has 0 aliphatic carbocycles. The molecule has 0 spiro atoms. The van der Waals surface area contributed by atoms with Crippen LogP contribution in [0, 0.1) is 0 Å². The quantitative estimate of drug-likeness (QED) is 0.872. The zero-order valence-electron chi connectivity index (χ0n) is 14.2. The zero-order valence-corrected chi connectivity index (χ0v) is 14.2. The second-order valence-electron chi connectivity index (χ2n) is 6.35. The molecule has 2 amide bonds. The highest BCUT2D eigenvalue weighted by Crippen LogP contribution is 2.32. The normalized spacial score (nSPS) is 18.7. The summed E-state index contributed by atoms with van der Waals surface area (Å²) in [7, 11) is 0. The number of carbonyl (C=O) groups excluding carboxylic acids is 2. The fraction of sp³-hybridized carbons (Fsp3) is 0.412. The number of amides is 2. The molecule has 1 saturated heterocycles. The topological polar surface area (TPSA) is 80.1 Å². The number of rotatable bonds is 5. The van der Waals surface area contributed by atoms with Gasteiger partial charge in [-0.25, -0.2) is 13.5 Å². The van der Waals surface area contributed by atoms with Gasteiger partial charge in [-0.3, -0.25) is 9.59 Å². The molecule has 7 nitrogen and oxygen atoms in total. The smallest absolute Gasteiger partial charge is 0.273 e. The van der Waals surface area contributed by atoms with E-state index in [0.29, 0.717) is 6.54 Å². The molecule has 1 aromatic carbocycles. The maximum atomic E-state index is 13.6. The minimum atomic E-state index is -2.91. The summed E-state index contributed by atoms with van der Waals surface area (Å²) in [6, 6.07) is 8.71. The average Bonchev–Trinajstić information content (AvgIpc) is 3.18. The molecule has 26 heavy (non-hydrogen) atoms. The number of halogens is 2. The number of carbonyl (C=O) groups is 2. The van der Waals surface area contributed by atoms with E-state index in [-0.39, 0.29) is 12.2 Å². The van der Waals surface area contributed by atoms with E-state index >= 15 is 0 Å². The Labute approximate surface area is 149 Å². The van der Waals surface area contributed by atoms with Crippen LogP contribution in [-0.2, 0) is 17.9 Å². The van der Waals surface area contributed by atoms with E-state index in [4.69, 9.17) is 0 Å². The molecule has 138 valence electrons. The Balaban J connectivity index is 1.60. The van der Waals surface area contributed by atoms with Gasteiger partial charge in [0.15, 0.2) is 5.69 Å². The number of hydrogen-bond donors (Lipinski definition) is 1. The van der Waals surface area contributed by atoms with Crippen LogP contribution in [0.15, 0.2) is 36.5 Å². The van der Waals surface area contributed by atoms with Gasteiger partial charge in [0.1, 0.15) is 0 Å². The lowest BCUT2D eigenvalue weighted by Crippen LogP contribution is -2.37. The lowest BCUT2D eigenvalue weighted by Gasteiger charge is -2.21. The van der Waals surface area contributed by atoms with Crippen molar-refractivity contribution in [1.29, 1.82) is 0 Å². The molecule has 1 aromatic heterocycles. The van der Waals surface area contributed by atoms with Gasteiger partial charge in [-0.15, -0.1) is 5.10 Å². The first-order valence-electron chi connectivity index (χ1n) is 8.21. The summed E-state index contributed by atoms with van der Waals surface area (Å²) in [5.74, 6) is -3.72. The zero-order chi connectivity index (χ0) is 18.7. The Hall–Kier alpha value is -2.84. The standard InChI is InChI=1S/C17H19F2N5O2/c1-12(25)24-11-17(18,19)7-14(24)9-23-10-15(21-22-23)16(26)20-8-13-5-3-2-4-6-13/h2-6,10,14H,7-9,11H2,1H3,(H,20,26)/t14-/m0/s1. The van der Waals surface area contributed by atoms with Gasteiger partial charge in [0, 0.05) is 19.9 Å². The highest BCUT2D eigenvalue weighted by Gasteiger charge is 2.46. The fourth-order valence-corrected chi connectivity index (χ4v) is 3.01. The summed E-state index contributed by atoms with van der Waals surface area (Å²) < 4.78 is 28.5. The van der Waals surface area contributed by atoms with Gasteiger partial charge in [0.05, 0.1) is 25.3 Å². The lowest BCUT2D eigenvalue weighted by atomic mass is 10.2. The molecule has 1 aliphatic rings. The summed E-state index contributed by atoms with van der Waals surface area (Å²) in [6.07, 6.45) is 0.969. The average molecular weight is 363 g/mol. The van der Waals surface area contributed by atoms with Crippen LogP contribution in [-0.4, -0.2) is 50.2 Å². The van der Waals surface area contributed by atoms with Crippen LogP contribution in [0.1, 0.15) is 29.4 Å². The van der Waals surface area contributed by atoms with Crippen LogP contribution < -0.4 is 5.32 Å². The molecule has 1 fully saturated rings. The molecule has 3 rings (SSSR count). The van der Waals surface area contributed by atoms with Gasteiger partial charge in [-0.2, -0.15) is 0 Å². The van der Waals surface area contributed by atoms with E-state index in [0.717, 1.165) is 10.5 Å². The molecule has 0 radical (unpaired) electrons. The molecule has 9 heteroatoms. The van der Waals surface area contributed by atoms with E-state index in [1.54, 1.807) is 0 Å². The van der Waals surface area contributed by atoms with Crippen molar-refractivity contribution < 1.29 is 18.4 Å². The predicted octanol–water partition coefficient (Wildman–Crippen LogP) is 1.46. The van der Waals surface area contributed by atoms with E-state index in [1.165, 1.54) is 17.8 Å². The predicted molar refractivity (Wildman–Crippen MR) is 88.4 cm³/mol. The van der Waals surface area contributed by atoms with Crippen LogP contribution in [0.25, 0.3) is 0 Å². The number of benzene rings is 1. The Kier molecular flexibility index (Phi) is 4.97. The molecule has 2 aromatic rings. The maximum Gasteiger partial charge on any atom is 0.273 e. The van der Waals surface area contributed by atoms with Crippen LogP contribution in [0.3, 0.4) is 0 Å². The number of likely N-dealkylation sites (tertiary alicyclic amines) is 1. The number of nitrogens with one attached hydrogen (secondary N) is 1. The van der Waals surface area contributed by atoms with Crippen LogP contribution in [0.4, 0.5) is 8.78 Å². The minimum Gasteiger partial charge on any atom is -0.347 e. The Bertz CT molecular complexity index is 793. The summed E-state index contributed by atoms with van der Waals surface area (Å²) in [5.41, 5.74) is 1.04. The molecule has 1 aliphatic heterocycles. The maximum absolute atomic E-state index is 13.6. The van der Waals surface area contributed by atoms with Crippen LogP contribution in [0.2, 0.25) is 0 Å². The van der Waals surface area contributed by atoms with Crippen molar-refractivity contribution in [1.82, 2.24) is 25.2 Å². The van der Waals surface area contributed by atoms with Gasteiger partial charge in [0.2, 0.25) is 5.91 Å². The molecule has 0 unspecified atom stereocenters. The highest BCUT2D eigenvalue weighted by atomic mass is 19.3. The van der Waals surface area contributed by atoms with Gasteiger partial charge < -0.3 is 10.2 Å². The van der Waals surface area contributed by atoms with Crippen molar-refractivity contribution in [3.05, 3.63) is 47.8 Å². The van der Waals surface area contributed by atoms with Crippen LogP contribution in [0.5, 0.6) is 0 Å². The number of hydrogen-bond acceptors (Lipinski definition) is 4. The molecular formula is C17H19F2N5O2. The Morgan fingerprint density at radius 3 is 2.73 bits per heavy atom. The molecule has 1 atom stereocenters. The molecule has 0 saturated carbocycles. The first kappa shape index (κ1) is 18.0. The van der Waals surface area contributed by atoms with Gasteiger partial charge >= 0.3 is 0 Å². The van der Waals surface area contributed by atoms with Crippen molar-refractivity contribution in [2.24, 2.45) is 0 Å². The second kappa shape index (κ2) is 7.19. The molecular weight excluding hydrogens is 344 g/mol.